The molecule has 2 aromatic heterocycles. The quantitative estimate of drug-likeness (QED) is 0.641. The van der Waals surface area contributed by atoms with E-state index in [-0.39, 0.29) is 11.8 Å². The number of hydrogen-bond acceptors (Lipinski definition) is 7. The summed E-state index contributed by atoms with van der Waals surface area (Å²) in [5.41, 5.74) is 0. The van der Waals surface area contributed by atoms with Crippen LogP contribution in [0.25, 0.3) is 11.6 Å². The molecule has 0 radical (unpaired) electrons. The number of piperazine rings is 1. The van der Waals surface area contributed by atoms with Crippen molar-refractivity contribution in [1.29, 1.82) is 0 Å². The van der Waals surface area contributed by atoms with Gasteiger partial charge in [-0.05, 0) is 31.9 Å². The van der Waals surface area contributed by atoms with Gasteiger partial charge in [0.25, 0.3) is 0 Å². The van der Waals surface area contributed by atoms with E-state index in [1.54, 1.807) is 6.26 Å². The maximum absolute atomic E-state index is 12.6. The van der Waals surface area contributed by atoms with Crippen molar-refractivity contribution in [1.82, 2.24) is 29.9 Å². The number of amides is 2. The minimum Gasteiger partial charge on any atom is -0.461 e. The summed E-state index contributed by atoms with van der Waals surface area (Å²) >= 11 is 1.40. The molecular weight excluding hydrogens is 392 g/mol. The van der Waals surface area contributed by atoms with Crippen LogP contribution in [0.4, 0.5) is 0 Å². The van der Waals surface area contributed by atoms with Crippen molar-refractivity contribution in [3.05, 3.63) is 18.4 Å². The highest BCUT2D eigenvalue weighted by molar-refractivity contribution is 7.99. The molecule has 1 aliphatic carbocycles. The summed E-state index contributed by atoms with van der Waals surface area (Å²) in [6, 6.07) is 4.05. The van der Waals surface area contributed by atoms with E-state index < -0.39 is 0 Å². The molecule has 10 heteroatoms. The molecule has 29 heavy (non-hydrogen) atoms. The van der Waals surface area contributed by atoms with Gasteiger partial charge in [0, 0.05) is 38.8 Å². The van der Waals surface area contributed by atoms with Gasteiger partial charge in [-0.15, -0.1) is 10.2 Å². The highest BCUT2D eigenvalue weighted by Crippen LogP contribution is 2.24. The lowest BCUT2D eigenvalue weighted by Crippen LogP contribution is -2.51. The molecule has 2 fully saturated rings. The molecule has 0 atom stereocenters. The summed E-state index contributed by atoms with van der Waals surface area (Å²) in [6.45, 7) is 5.87. The van der Waals surface area contributed by atoms with Gasteiger partial charge < -0.3 is 14.6 Å². The Hall–Kier alpha value is -2.33. The SMILES string of the molecule is CCn1c(SCC(=O)N2CCN(CC(=O)NC3CC3)CC2)nnc1-c1ccco1. The lowest BCUT2D eigenvalue weighted by Gasteiger charge is -2.34. The van der Waals surface area contributed by atoms with Gasteiger partial charge in [-0.1, -0.05) is 11.8 Å². The number of carbonyl (C=O) groups is 2. The average Bonchev–Trinajstić information content (AvgIpc) is 3.20. The van der Waals surface area contributed by atoms with Gasteiger partial charge in [0.2, 0.25) is 11.8 Å². The third-order valence-corrected chi connectivity index (χ3v) is 6.09. The Labute approximate surface area is 173 Å². The molecule has 1 aliphatic heterocycles. The minimum atomic E-state index is 0.0854. The number of nitrogens with zero attached hydrogens (tertiary/aromatic N) is 5. The fourth-order valence-corrected chi connectivity index (χ4v) is 4.25. The fraction of sp³-hybridized carbons (Fsp3) is 0.579. The molecule has 1 N–H and O–H groups in total. The molecule has 0 spiro atoms. The van der Waals surface area contributed by atoms with Crippen LogP contribution in [-0.2, 0) is 16.1 Å². The predicted octanol–water partition coefficient (Wildman–Crippen LogP) is 1.07. The number of nitrogens with one attached hydrogen (secondary N) is 1. The Kier molecular flexibility index (Phi) is 6.19. The molecule has 1 saturated carbocycles. The highest BCUT2D eigenvalue weighted by atomic mass is 32.2. The van der Waals surface area contributed by atoms with Crippen molar-refractivity contribution in [3.63, 3.8) is 0 Å². The van der Waals surface area contributed by atoms with Crippen LogP contribution in [0.3, 0.4) is 0 Å². The van der Waals surface area contributed by atoms with Gasteiger partial charge >= 0.3 is 0 Å². The molecule has 0 aromatic carbocycles. The number of rotatable bonds is 8. The van der Waals surface area contributed by atoms with Crippen LogP contribution in [0.15, 0.2) is 28.0 Å². The van der Waals surface area contributed by atoms with Crippen molar-refractivity contribution in [2.45, 2.75) is 37.5 Å². The Morgan fingerprint density at radius 3 is 2.69 bits per heavy atom. The third kappa shape index (κ3) is 4.99. The topological polar surface area (TPSA) is 96.5 Å². The summed E-state index contributed by atoms with van der Waals surface area (Å²) < 4.78 is 7.37. The van der Waals surface area contributed by atoms with E-state index in [0.717, 1.165) is 25.9 Å². The van der Waals surface area contributed by atoms with Crippen molar-refractivity contribution in [2.24, 2.45) is 0 Å². The number of carbonyl (C=O) groups excluding carboxylic acids is 2. The van der Waals surface area contributed by atoms with Crippen LogP contribution >= 0.6 is 11.8 Å². The van der Waals surface area contributed by atoms with Crippen LogP contribution in [-0.4, -0.2) is 80.9 Å². The Morgan fingerprint density at radius 1 is 1.24 bits per heavy atom. The predicted molar refractivity (Wildman–Crippen MR) is 108 cm³/mol. The summed E-state index contributed by atoms with van der Waals surface area (Å²) in [5.74, 6) is 1.83. The Bertz CT molecular complexity index is 840. The zero-order valence-corrected chi connectivity index (χ0v) is 17.4. The monoisotopic (exact) mass is 418 g/mol. The zero-order chi connectivity index (χ0) is 20.2. The second kappa shape index (κ2) is 9.00. The van der Waals surface area contributed by atoms with Crippen LogP contribution in [0, 0.1) is 0 Å². The molecule has 2 aromatic rings. The lowest BCUT2D eigenvalue weighted by atomic mass is 10.3. The van der Waals surface area contributed by atoms with E-state index in [2.05, 4.69) is 20.4 Å². The fourth-order valence-electron chi connectivity index (χ4n) is 3.35. The Morgan fingerprint density at radius 2 is 2.03 bits per heavy atom. The Balaban J connectivity index is 1.25. The zero-order valence-electron chi connectivity index (χ0n) is 16.5. The molecule has 2 aliphatic rings. The minimum absolute atomic E-state index is 0.0854. The van der Waals surface area contributed by atoms with E-state index in [1.807, 2.05) is 28.5 Å². The summed E-state index contributed by atoms with van der Waals surface area (Å²) in [4.78, 5) is 28.5. The molecule has 0 bridgehead atoms. The van der Waals surface area contributed by atoms with E-state index in [9.17, 15) is 9.59 Å². The number of aromatic nitrogens is 3. The standard InChI is InChI=1S/C19H26N6O3S/c1-2-25-18(15-4-3-11-28-15)21-22-19(25)29-13-17(27)24-9-7-23(8-10-24)12-16(26)20-14-5-6-14/h3-4,11,14H,2,5-10,12-13H2,1H3,(H,20,26). The van der Waals surface area contributed by atoms with Crippen LogP contribution < -0.4 is 5.32 Å². The van der Waals surface area contributed by atoms with Gasteiger partial charge in [-0.25, -0.2) is 0 Å². The first-order valence-electron chi connectivity index (χ1n) is 10.0. The molecule has 9 nitrogen and oxygen atoms in total. The second-order valence-corrected chi connectivity index (χ2v) is 8.26. The summed E-state index contributed by atoms with van der Waals surface area (Å²) in [6.07, 6.45) is 3.80. The third-order valence-electron chi connectivity index (χ3n) is 5.13. The van der Waals surface area contributed by atoms with E-state index in [1.165, 1.54) is 11.8 Å². The first kappa shape index (κ1) is 20.0. The number of hydrogen-bond donors (Lipinski definition) is 1. The van der Waals surface area contributed by atoms with Crippen LogP contribution in [0.1, 0.15) is 19.8 Å². The number of thioether (sulfide) groups is 1. The molecular formula is C19H26N6O3S. The number of furan rings is 1. The smallest absolute Gasteiger partial charge is 0.234 e. The summed E-state index contributed by atoms with van der Waals surface area (Å²) in [5, 5.41) is 12.2. The van der Waals surface area contributed by atoms with Gasteiger partial charge in [0.05, 0.1) is 18.6 Å². The highest BCUT2D eigenvalue weighted by Gasteiger charge is 2.26. The summed E-state index contributed by atoms with van der Waals surface area (Å²) in [7, 11) is 0. The lowest BCUT2D eigenvalue weighted by molar-refractivity contribution is -0.130. The molecule has 1 saturated heterocycles. The van der Waals surface area contributed by atoms with Crippen molar-refractivity contribution in [3.8, 4) is 11.6 Å². The van der Waals surface area contributed by atoms with Gasteiger partial charge in [0.1, 0.15) is 0 Å². The first-order valence-corrected chi connectivity index (χ1v) is 11.0. The van der Waals surface area contributed by atoms with Crippen LogP contribution in [0.5, 0.6) is 0 Å². The molecule has 2 amide bonds. The normalized spacial score (nSPS) is 17.5. The van der Waals surface area contributed by atoms with Gasteiger partial charge in [0.15, 0.2) is 16.7 Å². The van der Waals surface area contributed by atoms with E-state index in [4.69, 9.17) is 4.42 Å². The molecule has 0 unspecified atom stereocenters. The largest absolute Gasteiger partial charge is 0.461 e. The first-order chi connectivity index (χ1) is 14.1. The molecule has 3 heterocycles. The van der Waals surface area contributed by atoms with Crippen molar-refractivity contribution in [2.75, 3.05) is 38.5 Å². The van der Waals surface area contributed by atoms with Gasteiger partial charge in [-0.2, -0.15) is 0 Å². The second-order valence-electron chi connectivity index (χ2n) is 7.32. The maximum Gasteiger partial charge on any atom is 0.234 e. The van der Waals surface area contributed by atoms with Gasteiger partial charge in [-0.3, -0.25) is 19.1 Å². The average molecular weight is 419 g/mol. The maximum atomic E-state index is 12.6. The molecule has 156 valence electrons. The van der Waals surface area contributed by atoms with Crippen LogP contribution in [0.2, 0.25) is 0 Å². The van der Waals surface area contributed by atoms with E-state index in [0.29, 0.717) is 54.7 Å². The van der Waals surface area contributed by atoms with E-state index >= 15 is 0 Å². The van der Waals surface area contributed by atoms with Crippen molar-refractivity contribution < 1.29 is 14.0 Å². The molecule has 4 rings (SSSR count). The van der Waals surface area contributed by atoms with Crippen molar-refractivity contribution >= 4 is 23.6 Å².